The zero-order valence-corrected chi connectivity index (χ0v) is 17.7. The minimum absolute atomic E-state index is 0.0852. The van der Waals surface area contributed by atoms with E-state index in [9.17, 15) is 17.6 Å². The number of piperidine rings is 1. The molecule has 2 aliphatic heterocycles. The maximum atomic E-state index is 13.6. The molecule has 4 rings (SSSR count). The van der Waals surface area contributed by atoms with Crippen molar-refractivity contribution in [2.45, 2.75) is 62.5 Å². The lowest BCUT2D eigenvalue weighted by atomic mass is 9.87. The number of hydrogen-bond acceptors (Lipinski definition) is 4. The van der Waals surface area contributed by atoms with Crippen LogP contribution in [0.1, 0.15) is 50.5 Å². The molecule has 29 heavy (non-hydrogen) atoms. The molecule has 3 aliphatic rings. The molecule has 0 radical (unpaired) electrons. The van der Waals surface area contributed by atoms with E-state index in [1.165, 1.54) is 28.9 Å². The minimum Gasteiger partial charge on any atom is -0.358 e. The van der Waals surface area contributed by atoms with E-state index < -0.39 is 21.6 Å². The first-order chi connectivity index (χ1) is 13.8. The number of sulfonamides is 1. The standard InChI is InChI=1S/C21H29FN2O4S/c1-16-15-18(7-8-19(16)22)29(26,27)24-13-14-28-21(24)9-11-23(12-10-21)20(25)17-5-3-2-4-6-17/h7-8,15,17H,2-6,9-14H2,1H3. The Kier molecular flexibility index (Phi) is 5.70. The fourth-order valence-corrected chi connectivity index (χ4v) is 6.72. The molecule has 0 aromatic heterocycles. The van der Waals surface area contributed by atoms with Gasteiger partial charge in [0.2, 0.25) is 15.9 Å². The third-order valence-electron chi connectivity index (χ3n) is 6.65. The molecule has 0 bridgehead atoms. The van der Waals surface area contributed by atoms with Crippen molar-refractivity contribution in [2.24, 2.45) is 5.92 Å². The van der Waals surface area contributed by atoms with E-state index in [2.05, 4.69) is 0 Å². The van der Waals surface area contributed by atoms with E-state index >= 15 is 0 Å². The smallest absolute Gasteiger partial charge is 0.245 e. The molecule has 1 aliphatic carbocycles. The van der Waals surface area contributed by atoms with E-state index in [1.807, 2.05) is 4.90 Å². The number of aryl methyl sites for hydroxylation is 1. The molecular weight excluding hydrogens is 395 g/mol. The Hall–Kier alpha value is -1.51. The van der Waals surface area contributed by atoms with Crippen LogP contribution in [0.3, 0.4) is 0 Å². The SMILES string of the molecule is Cc1cc(S(=O)(=O)N2CCOC23CCN(C(=O)C2CCCCC2)CC3)ccc1F. The van der Waals surface area contributed by atoms with Gasteiger partial charge in [0.25, 0.3) is 0 Å². The minimum atomic E-state index is -3.81. The molecule has 3 fully saturated rings. The van der Waals surface area contributed by atoms with Crippen molar-refractivity contribution in [3.8, 4) is 0 Å². The summed E-state index contributed by atoms with van der Waals surface area (Å²) >= 11 is 0. The molecule has 6 nitrogen and oxygen atoms in total. The molecule has 160 valence electrons. The fourth-order valence-electron chi connectivity index (χ4n) is 4.92. The van der Waals surface area contributed by atoms with Crippen LogP contribution in [0.4, 0.5) is 4.39 Å². The van der Waals surface area contributed by atoms with Gasteiger partial charge in [0.1, 0.15) is 11.5 Å². The summed E-state index contributed by atoms with van der Waals surface area (Å²) in [4.78, 5) is 14.8. The zero-order valence-electron chi connectivity index (χ0n) is 16.9. The van der Waals surface area contributed by atoms with Crippen LogP contribution in [0.25, 0.3) is 0 Å². The summed E-state index contributed by atoms with van der Waals surface area (Å²) in [5.74, 6) is -0.101. The van der Waals surface area contributed by atoms with Crippen molar-refractivity contribution in [1.29, 1.82) is 0 Å². The van der Waals surface area contributed by atoms with Gasteiger partial charge < -0.3 is 9.64 Å². The predicted octanol–water partition coefficient (Wildman–Crippen LogP) is 3.05. The van der Waals surface area contributed by atoms with Crippen molar-refractivity contribution in [2.75, 3.05) is 26.2 Å². The van der Waals surface area contributed by atoms with Gasteiger partial charge in [-0.25, -0.2) is 12.8 Å². The molecule has 1 aromatic carbocycles. The molecule has 0 unspecified atom stereocenters. The Morgan fingerprint density at radius 1 is 1.14 bits per heavy atom. The second-order valence-electron chi connectivity index (χ2n) is 8.44. The average molecular weight is 425 g/mol. The molecule has 2 heterocycles. The number of hydrogen-bond donors (Lipinski definition) is 0. The molecule has 0 atom stereocenters. The normalized spacial score (nSPS) is 23.6. The van der Waals surface area contributed by atoms with Gasteiger partial charge in [0.15, 0.2) is 0 Å². The second-order valence-corrected chi connectivity index (χ2v) is 10.3. The lowest BCUT2D eigenvalue weighted by Gasteiger charge is -2.43. The number of rotatable bonds is 3. The van der Waals surface area contributed by atoms with Crippen molar-refractivity contribution < 1.29 is 22.3 Å². The summed E-state index contributed by atoms with van der Waals surface area (Å²) in [7, 11) is -3.81. The lowest BCUT2D eigenvalue weighted by Crippen LogP contribution is -2.56. The maximum absolute atomic E-state index is 13.6. The van der Waals surface area contributed by atoms with Crippen LogP contribution in [0, 0.1) is 18.7 Å². The number of amides is 1. The van der Waals surface area contributed by atoms with Gasteiger partial charge >= 0.3 is 0 Å². The molecule has 1 amide bonds. The van der Waals surface area contributed by atoms with Gasteiger partial charge in [-0.2, -0.15) is 4.31 Å². The van der Waals surface area contributed by atoms with Crippen LogP contribution in [0.15, 0.2) is 23.1 Å². The number of nitrogens with zero attached hydrogens (tertiary/aromatic N) is 2. The highest BCUT2D eigenvalue weighted by atomic mass is 32.2. The topological polar surface area (TPSA) is 66.9 Å². The summed E-state index contributed by atoms with van der Waals surface area (Å²) < 4.78 is 47.6. The second kappa shape index (κ2) is 7.96. The van der Waals surface area contributed by atoms with Crippen LogP contribution in [0.2, 0.25) is 0 Å². The summed E-state index contributed by atoms with van der Waals surface area (Å²) in [6, 6.07) is 3.88. The summed E-state index contributed by atoms with van der Waals surface area (Å²) in [5, 5.41) is 0. The molecular formula is C21H29FN2O4S. The fraction of sp³-hybridized carbons (Fsp3) is 0.667. The Labute approximate surface area is 172 Å². The number of benzene rings is 1. The Balaban J connectivity index is 1.49. The first-order valence-corrected chi connectivity index (χ1v) is 12.0. The highest BCUT2D eigenvalue weighted by Crippen LogP contribution is 2.39. The highest BCUT2D eigenvalue weighted by Gasteiger charge is 2.51. The monoisotopic (exact) mass is 424 g/mol. The van der Waals surface area contributed by atoms with Crippen LogP contribution in [-0.2, 0) is 19.6 Å². The van der Waals surface area contributed by atoms with Crippen LogP contribution >= 0.6 is 0 Å². The highest BCUT2D eigenvalue weighted by molar-refractivity contribution is 7.89. The number of halogens is 1. The summed E-state index contributed by atoms with van der Waals surface area (Å²) in [6.45, 7) is 3.17. The number of carbonyl (C=O) groups excluding carboxylic acids is 1. The van der Waals surface area contributed by atoms with E-state index in [1.54, 1.807) is 6.92 Å². The molecule has 1 spiro atoms. The quantitative estimate of drug-likeness (QED) is 0.748. The number of likely N-dealkylation sites (tertiary alicyclic amines) is 1. The molecule has 2 saturated heterocycles. The first kappa shape index (κ1) is 20.8. The van der Waals surface area contributed by atoms with E-state index in [-0.39, 0.29) is 23.3 Å². The van der Waals surface area contributed by atoms with Crippen molar-refractivity contribution in [1.82, 2.24) is 9.21 Å². The first-order valence-electron chi connectivity index (χ1n) is 10.6. The molecule has 1 aromatic rings. The lowest BCUT2D eigenvalue weighted by molar-refractivity contribution is -0.145. The third-order valence-corrected chi connectivity index (χ3v) is 8.59. The number of ether oxygens (including phenoxy) is 1. The average Bonchev–Trinajstić information content (AvgIpc) is 3.14. The van der Waals surface area contributed by atoms with Crippen LogP contribution < -0.4 is 0 Å². The van der Waals surface area contributed by atoms with Gasteiger partial charge in [-0.3, -0.25) is 4.79 Å². The van der Waals surface area contributed by atoms with Crippen molar-refractivity contribution in [3.63, 3.8) is 0 Å². The molecule has 0 N–H and O–H groups in total. The largest absolute Gasteiger partial charge is 0.358 e. The van der Waals surface area contributed by atoms with E-state index in [0.29, 0.717) is 38.1 Å². The van der Waals surface area contributed by atoms with Crippen LogP contribution in [-0.4, -0.2) is 55.5 Å². The maximum Gasteiger partial charge on any atom is 0.245 e. The summed E-state index contributed by atoms with van der Waals surface area (Å²) in [5.41, 5.74) is -0.613. The molecule has 1 saturated carbocycles. The third kappa shape index (κ3) is 3.82. The number of carbonyl (C=O) groups is 1. The Bertz CT molecular complexity index is 875. The van der Waals surface area contributed by atoms with Crippen LogP contribution in [0.5, 0.6) is 0 Å². The van der Waals surface area contributed by atoms with Crippen molar-refractivity contribution in [3.05, 3.63) is 29.6 Å². The van der Waals surface area contributed by atoms with Gasteiger partial charge in [0, 0.05) is 38.4 Å². The molecule has 8 heteroatoms. The van der Waals surface area contributed by atoms with Gasteiger partial charge in [-0.1, -0.05) is 19.3 Å². The van der Waals surface area contributed by atoms with E-state index in [0.717, 1.165) is 25.7 Å². The Morgan fingerprint density at radius 3 is 2.48 bits per heavy atom. The Morgan fingerprint density at radius 2 is 1.83 bits per heavy atom. The van der Waals surface area contributed by atoms with Gasteiger partial charge in [-0.15, -0.1) is 0 Å². The van der Waals surface area contributed by atoms with Gasteiger partial charge in [0.05, 0.1) is 11.5 Å². The summed E-state index contributed by atoms with van der Waals surface area (Å²) in [6.07, 6.45) is 6.27. The predicted molar refractivity (Wildman–Crippen MR) is 106 cm³/mol. The zero-order chi connectivity index (χ0) is 20.6. The van der Waals surface area contributed by atoms with E-state index in [4.69, 9.17) is 4.74 Å². The van der Waals surface area contributed by atoms with Gasteiger partial charge in [-0.05, 0) is 43.5 Å². The van der Waals surface area contributed by atoms with Crippen molar-refractivity contribution >= 4 is 15.9 Å².